The van der Waals surface area contributed by atoms with E-state index in [0.717, 1.165) is 0 Å². The van der Waals surface area contributed by atoms with Gasteiger partial charge in [-0.3, -0.25) is 4.79 Å². The van der Waals surface area contributed by atoms with E-state index < -0.39 is 31.9 Å². The number of nitrogens with zero attached hydrogens (tertiary/aromatic N) is 6. The Morgan fingerprint density at radius 1 is 0.667 bits per heavy atom. The van der Waals surface area contributed by atoms with Crippen LogP contribution in [0.1, 0.15) is 76.1 Å². The molecule has 2 fully saturated rings. The number of hydrogen-bond acceptors (Lipinski definition) is 12. The molecule has 0 aliphatic heterocycles. The quantitative estimate of drug-likeness (QED) is 0.0752. The summed E-state index contributed by atoms with van der Waals surface area (Å²) in [5.41, 5.74) is 0.850. The number of carboxylic acids is 1. The number of primary sulfonamides is 1. The molecule has 0 atom stereocenters. The molecule has 17 nitrogen and oxygen atoms in total. The third-order valence-corrected chi connectivity index (χ3v) is 16.4. The van der Waals surface area contributed by atoms with Gasteiger partial charge in [0.15, 0.2) is 11.6 Å². The Balaban J connectivity index is 0.000000251. The van der Waals surface area contributed by atoms with Gasteiger partial charge in [0.25, 0.3) is 15.9 Å². The number of carbonyl (C=O) groups is 2. The first kappa shape index (κ1) is 55.2. The first-order valence-electron chi connectivity index (χ1n) is 21.4. The maximum atomic E-state index is 12.5. The molecule has 2 saturated carbocycles. The van der Waals surface area contributed by atoms with E-state index in [0.29, 0.717) is 48.4 Å². The third kappa shape index (κ3) is 12.8. The number of ether oxygens (including phenoxy) is 2. The van der Waals surface area contributed by atoms with Crippen molar-refractivity contribution in [3.8, 4) is 23.4 Å². The van der Waals surface area contributed by atoms with Crippen molar-refractivity contribution in [1.82, 2.24) is 34.3 Å². The molecule has 4 heterocycles. The van der Waals surface area contributed by atoms with Gasteiger partial charge in [0, 0.05) is 75.9 Å². The normalized spacial score (nSPS) is 16.2. The molecule has 0 unspecified atom stereocenters. The van der Waals surface area contributed by atoms with E-state index in [1.165, 1.54) is 51.8 Å². The summed E-state index contributed by atoms with van der Waals surface area (Å²) in [6, 6.07) is 24.9. The Kier molecular flexibility index (Phi) is 17.4. The zero-order valence-electron chi connectivity index (χ0n) is 40.1. The van der Waals surface area contributed by atoms with Gasteiger partial charge in [-0.2, -0.15) is 0 Å². The smallest absolute Gasteiger partial charge is 0.338 e. The van der Waals surface area contributed by atoms with E-state index in [1.807, 2.05) is 4.72 Å². The van der Waals surface area contributed by atoms with Crippen molar-refractivity contribution in [2.75, 3.05) is 13.2 Å². The molecule has 4 N–H and O–H groups in total. The number of nitrogens with one attached hydrogen (secondary N) is 1. The Morgan fingerprint density at radius 3 is 1.38 bits per heavy atom. The standard InChI is InChI=1S/C23H25ClN4O4S.C17H20ClN3O3.C6H7NO2S.BH.U/c1-22(2)17(23(22,3)4)14-32-19-12-13-28(26-19)18-11-10-16(20(24)25-18)21(29)27-33(30,31)15-8-6-5-7-9-15;1-16(2)11(17(16,3)4)9-24-13-7-8-21(20-13)12-6-5-10(15(22)23)14(18)19-12;7-10(8,9)6-4-2-1-3-5-6;;/h5-13,17H,14H2,1-4H3,(H,27,29);5-8,11H,9H2,1-4H3,(H,22,23);1-5H,(H2,7,8,9);1H;/i;;;1D;. The van der Waals surface area contributed by atoms with Gasteiger partial charge < -0.3 is 14.6 Å². The fraction of sp³-hybridized carbons (Fsp3) is 0.348. The van der Waals surface area contributed by atoms with Gasteiger partial charge in [-0.15, -0.1) is 10.2 Å². The van der Waals surface area contributed by atoms with Crippen LogP contribution in [0.4, 0.5) is 0 Å². The van der Waals surface area contributed by atoms with Gasteiger partial charge >= 0.3 is 5.97 Å². The maximum Gasteiger partial charge on any atom is 0.338 e. The number of carbonyl (C=O) groups excluding carboxylic acids is 1. The second kappa shape index (κ2) is 21.7. The first-order valence-corrected chi connectivity index (χ1v) is 24.6. The minimum atomic E-state index is -4.03. The zero-order valence-corrected chi connectivity index (χ0v) is 46.4. The predicted octanol–water partition coefficient (Wildman–Crippen LogP) is 7.47. The third-order valence-electron chi connectivity index (χ3n) is 13.5. The van der Waals surface area contributed by atoms with Crippen molar-refractivity contribution in [2.45, 2.75) is 65.2 Å². The average Bonchev–Trinajstić information content (AvgIpc) is 3.70. The van der Waals surface area contributed by atoms with Gasteiger partial charge in [-0.05, 0) is 71.5 Å². The summed E-state index contributed by atoms with van der Waals surface area (Å²) in [5.74, 6) is 0.706. The second-order valence-corrected chi connectivity index (χ2v) is 22.2. The van der Waals surface area contributed by atoms with Crippen LogP contribution in [0.3, 0.4) is 0 Å². The van der Waals surface area contributed by atoms with Crippen molar-refractivity contribution in [2.24, 2.45) is 38.6 Å². The van der Waals surface area contributed by atoms with Crippen molar-refractivity contribution in [3.63, 3.8) is 0 Å². The number of aromatic carboxylic acids is 1. The molecule has 0 saturated heterocycles. The Hall–Kier alpha value is -4.74. The Labute approximate surface area is 439 Å². The summed E-state index contributed by atoms with van der Waals surface area (Å²) in [5, 5.41) is 22.3. The van der Waals surface area contributed by atoms with Gasteiger partial charge in [0.2, 0.25) is 21.8 Å². The summed E-state index contributed by atoms with van der Waals surface area (Å²) < 4.78 is 67.9. The number of amides is 1. The molecule has 2 aliphatic rings. The van der Waals surface area contributed by atoms with E-state index in [2.05, 4.69) is 83.9 Å². The largest absolute Gasteiger partial charge is 0.478 e. The van der Waals surface area contributed by atoms with Gasteiger partial charge in [-0.25, -0.2) is 50.8 Å². The number of rotatable bonds is 13. The van der Waals surface area contributed by atoms with Gasteiger partial charge in [0.1, 0.15) is 10.3 Å². The fourth-order valence-corrected chi connectivity index (χ4v) is 9.73. The van der Waals surface area contributed by atoms with Crippen molar-refractivity contribution in [3.05, 3.63) is 131 Å². The molecule has 2 aromatic carbocycles. The predicted molar refractivity (Wildman–Crippen MR) is 259 cm³/mol. The van der Waals surface area contributed by atoms with Crippen LogP contribution in [0.5, 0.6) is 11.8 Å². The number of benzene rings is 2. The summed E-state index contributed by atoms with van der Waals surface area (Å²) in [7, 11) is -3.78. The van der Waals surface area contributed by atoms with Crippen LogP contribution in [0, 0.1) is 64.6 Å². The number of halogens is 2. The van der Waals surface area contributed by atoms with Crippen LogP contribution in [-0.4, -0.2) is 86.3 Å². The molecule has 2 aliphatic carbocycles. The molecule has 0 bridgehead atoms. The molecule has 0 spiro atoms. The van der Waals surface area contributed by atoms with Crippen LogP contribution >= 0.6 is 23.2 Å². The average molecular weight is 1250 g/mol. The number of aromatic nitrogens is 6. The summed E-state index contributed by atoms with van der Waals surface area (Å²) in [6.07, 6.45) is 3.38. The Morgan fingerprint density at radius 2 is 1.04 bits per heavy atom. The summed E-state index contributed by atoms with van der Waals surface area (Å²) in [6.45, 7) is 19.1. The molecule has 364 valence electrons. The van der Waals surface area contributed by atoms with E-state index in [1.54, 1.807) is 67.0 Å². The Bertz CT molecular complexity index is 2990. The molecule has 69 heavy (non-hydrogen) atoms. The summed E-state index contributed by atoms with van der Waals surface area (Å²) >= 11 is 12.1. The second-order valence-electron chi connectivity index (χ2n) is 18.2. The van der Waals surface area contributed by atoms with E-state index in [4.69, 9.17) is 44.3 Å². The molecule has 4 aromatic heterocycles. The van der Waals surface area contributed by atoms with Crippen LogP contribution in [0.15, 0.2) is 119 Å². The topological polar surface area (TPSA) is 241 Å². The van der Waals surface area contributed by atoms with E-state index >= 15 is 0 Å². The number of pyridine rings is 2. The SMILES string of the molecule is CC1(C)C(COc2ccn(-c3ccc(C(=O)NS(=O)(=O)c4ccccc4)c(Cl)n3)n2)C1(C)C.CC1(C)C(COc2ccn(-c3ccc(C(=O)O)c(Cl)n3)n2)C1(C)C.NS(=O)(=O)c1ccccc1.[2H][B].[U]. The van der Waals surface area contributed by atoms with Crippen molar-refractivity contribution in [1.29, 1.82) is 1.34 Å². The molecule has 6 aromatic rings. The van der Waals surface area contributed by atoms with Gasteiger partial charge in [-0.1, -0.05) is 115 Å². The van der Waals surface area contributed by atoms with Crippen LogP contribution in [-0.2, 0) is 20.0 Å². The van der Waals surface area contributed by atoms with Crippen molar-refractivity contribution >= 4 is 63.5 Å². The molecular weight excluding hydrogens is 1190 g/mol. The van der Waals surface area contributed by atoms with Crippen molar-refractivity contribution < 1.29 is 72.1 Å². The van der Waals surface area contributed by atoms with Gasteiger partial charge in [0.05, 0.1) is 34.1 Å². The number of nitrogens with two attached hydrogens (primary N) is 1. The minimum Gasteiger partial charge on any atom is -0.478 e. The zero-order chi connectivity index (χ0) is 51.3. The molecular formula is C46H53BCl2N8O9S2U. The molecule has 2 radical (unpaired) electrons. The number of hydrogen-bond donors (Lipinski definition) is 3. The summed E-state index contributed by atoms with van der Waals surface area (Å²) in [4.78, 5) is 31.8. The maximum absolute atomic E-state index is 12.5. The number of carboxylic acid groups (broad SMARTS) is 1. The monoisotopic (exact) mass is 1250 g/mol. The van der Waals surface area contributed by atoms with Crippen LogP contribution in [0.25, 0.3) is 11.6 Å². The molecule has 1 amide bonds. The molecule has 8 rings (SSSR count). The van der Waals surface area contributed by atoms with Crippen LogP contribution < -0.4 is 19.3 Å². The first-order chi connectivity index (χ1) is 32.2. The van der Waals surface area contributed by atoms with E-state index in [9.17, 15) is 26.4 Å². The van der Waals surface area contributed by atoms with Crippen LogP contribution in [0.2, 0.25) is 10.3 Å². The molecule has 23 heteroatoms. The van der Waals surface area contributed by atoms with E-state index in [-0.39, 0.29) is 84.0 Å². The number of sulfonamides is 2. The minimum absolute atomic E-state index is 0. The fourth-order valence-electron chi connectivity index (χ4n) is 7.74.